The van der Waals surface area contributed by atoms with Crippen molar-refractivity contribution in [3.8, 4) is 0 Å². The summed E-state index contributed by atoms with van der Waals surface area (Å²) in [6, 6.07) is -0.596. The maximum absolute atomic E-state index is 12.3. The van der Waals surface area contributed by atoms with E-state index in [1.165, 1.54) is 25.7 Å². The van der Waals surface area contributed by atoms with E-state index in [9.17, 15) is 9.59 Å². The van der Waals surface area contributed by atoms with Gasteiger partial charge in [-0.2, -0.15) is 0 Å². The van der Waals surface area contributed by atoms with Crippen molar-refractivity contribution in [1.29, 1.82) is 0 Å². The molecule has 0 radical (unpaired) electrons. The average Bonchev–Trinajstić information content (AvgIpc) is 2.61. The molecule has 5 nitrogen and oxygen atoms in total. The highest BCUT2D eigenvalue weighted by Gasteiger charge is 2.22. The molecule has 0 aliphatic carbocycles. The van der Waals surface area contributed by atoms with Crippen LogP contribution in [-0.4, -0.2) is 31.3 Å². The highest BCUT2D eigenvalue weighted by molar-refractivity contribution is 5.81. The summed E-state index contributed by atoms with van der Waals surface area (Å²) in [5.41, 5.74) is 0. The molecule has 0 saturated heterocycles. The first-order chi connectivity index (χ1) is 12.2. The Hall–Kier alpha value is -1.26. The van der Waals surface area contributed by atoms with Gasteiger partial charge in [0, 0.05) is 0 Å². The maximum Gasteiger partial charge on any atom is 0.407 e. The largest absolute Gasteiger partial charge is 0.464 e. The Morgan fingerprint density at radius 2 is 1.32 bits per heavy atom. The van der Waals surface area contributed by atoms with Crippen LogP contribution in [0.15, 0.2) is 0 Å². The second kappa shape index (κ2) is 17.6. The molecule has 1 N–H and O–H groups in total. The molecule has 0 aliphatic rings. The number of rotatable bonds is 16. The number of carbonyl (C=O) groups excluding carboxylic acids is 2. The summed E-state index contributed by atoms with van der Waals surface area (Å²) < 4.78 is 10.4. The third kappa shape index (κ3) is 14.8. The van der Waals surface area contributed by atoms with Crippen LogP contribution in [0.25, 0.3) is 0 Å². The molecule has 0 heterocycles. The fraction of sp³-hybridized carbons (Fsp3) is 0.900. The number of ether oxygens (including phenoxy) is 2. The van der Waals surface area contributed by atoms with Crippen molar-refractivity contribution in [2.24, 2.45) is 0 Å². The van der Waals surface area contributed by atoms with Crippen LogP contribution in [0.3, 0.4) is 0 Å². The minimum absolute atomic E-state index is 0.335. The van der Waals surface area contributed by atoms with Gasteiger partial charge < -0.3 is 14.8 Å². The van der Waals surface area contributed by atoms with Crippen molar-refractivity contribution in [1.82, 2.24) is 5.32 Å². The predicted molar refractivity (Wildman–Crippen MR) is 102 cm³/mol. The summed E-state index contributed by atoms with van der Waals surface area (Å²) in [7, 11) is 0. The third-order valence-corrected chi connectivity index (χ3v) is 4.10. The van der Waals surface area contributed by atoms with E-state index in [1.807, 2.05) is 6.92 Å². The molecule has 1 atom stereocenters. The Labute approximate surface area is 154 Å². The number of carbonyl (C=O) groups is 2. The minimum atomic E-state index is -0.596. The van der Waals surface area contributed by atoms with Crippen LogP contribution >= 0.6 is 0 Å². The van der Waals surface area contributed by atoms with E-state index in [-0.39, 0.29) is 5.97 Å². The molecule has 1 unspecified atom stereocenters. The second-order valence-electron chi connectivity index (χ2n) is 6.62. The van der Waals surface area contributed by atoms with Crippen molar-refractivity contribution in [2.45, 2.75) is 104 Å². The number of alkyl carbamates (subject to hydrolysis) is 1. The van der Waals surface area contributed by atoms with Crippen molar-refractivity contribution >= 4 is 12.1 Å². The monoisotopic (exact) mass is 357 g/mol. The van der Waals surface area contributed by atoms with Crippen LogP contribution in [0.1, 0.15) is 97.8 Å². The van der Waals surface area contributed by atoms with Crippen LogP contribution < -0.4 is 5.32 Å². The molecule has 0 aliphatic heterocycles. The maximum atomic E-state index is 12.3. The summed E-state index contributed by atoms with van der Waals surface area (Å²) in [5.74, 6) is -0.335. The lowest BCUT2D eigenvalue weighted by molar-refractivity contribution is -0.146. The molecule has 0 rings (SSSR count). The molecule has 25 heavy (non-hydrogen) atoms. The molecule has 5 heteroatoms. The van der Waals surface area contributed by atoms with Crippen LogP contribution in [0.2, 0.25) is 0 Å². The summed E-state index contributed by atoms with van der Waals surface area (Å²) in [6.45, 7) is 7.07. The molecule has 148 valence electrons. The first-order valence-corrected chi connectivity index (χ1v) is 10.3. The van der Waals surface area contributed by atoms with E-state index < -0.39 is 12.1 Å². The van der Waals surface area contributed by atoms with Gasteiger partial charge in [0.2, 0.25) is 0 Å². The van der Waals surface area contributed by atoms with Crippen LogP contribution in [0.5, 0.6) is 0 Å². The number of hydrogen-bond acceptors (Lipinski definition) is 4. The Kier molecular flexibility index (Phi) is 16.7. The third-order valence-electron chi connectivity index (χ3n) is 4.10. The first-order valence-electron chi connectivity index (χ1n) is 10.3. The zero-order chi connectivity index (χ0) is 18.8. The fourth-order valence-electron chi connectivity index (χ4n) is 2.56. The predicted octanol–water partition coefficient (Wildman–Crippen LogP) is 5.37. The van der Waals surface area contributed by atoms with Crippen LogP contribution in [0.4, 0.5) is 4.79 Å². The lowest BCUT2D eigenvalue weighted by atomic mass is 10.1. The average molecular weight is 358 g/mol. The highest BCUT2D eigenvalue weighted by atomic mass is 16.6. The van der Waals surface area contributed by atoms with E-state index in [0.29, 0.717) is 19.6 Å². The molecule has 0 aromatic carbocycles. The topological polar surface area (TPSA) is 64.6 Å². The minimum Gasteiger partial charge on any atom is -0.464 e. The molecule has 0 fully saturated rings. The van der Waals surface area contributed by atoms with Crippen molar-refractivity contribution in [2.75, 3.05) is 13.2 Å². The van der Waals surface area contributed by atoms with Gasteiger partial charge in [-0.3, -0.25) is 0 Å². The number of esters is 1. The summed E-state index contributed by atoms with van der Waals surface area (Å²) in [5, 5.41) is 2.66. The van der Waals surface area contributed by atoms with Gasteiger partial charge in [-0.15, -0.1) is 0 Å². The Morgan fingerprint density at radius 1 is 0.720 bits per heavy atom. The molecule has 0 spiro atoms. The number of nitrogens with one attached hydrogen (secondary N) is 1. The van der Waals surface area contributed by atoms with Gasteiger partial charge in [-0.25, -0.2) is 9.59 Å². The molecular weight excluding hydrogens is 318 g/mol. The number of hydrogen-bond donors (Lipinski definition) is 1. The molecular formula is C20H39NO4. The van der Waals surface area contributed by atoms with Gasteiger partial charge in [0.05, 0.1) is 13.2 Å². The molecule has 0 aromatic heterocycles. The van der Waals surface area contributed by atoms with Crippen molar-refractivity contribution in [3.63, 3.8) is 0 Å². The first kappa shape index (κ1) is 23.7. The SMILES string of the molecule is CCCCCCCCOC(=O)C(CCCCCC)NC(=O)OCCC. The van der Waals surface area contributed by atoms with E-state index in [1.54, 1.807) is 0 Å². The number of unbranched alkanes of at least 4 members (excludes halogenated alkanes) is 8. The van der Waals surface area contributed by atoms with Gasteiger partial charge in [-0.05, 0) is 19.3 Å². The van der Waals surface area contributed by atoms with E-state index in [0.717, 1.165) is 44.9 Å². The quantitative estimate of drug-likeness (QED) is 0.298. The van der Waals surface area contributed by atoms with Gasteiger partial charge >= 0.3 is 12.1 Å². The number of amides is 1. The van der Waals surface area contributed by atoms with E-state index in [2.05, 4.69) is 19.2 Å². The van der Waals surface area contributed by atoms with Gasteiger partial charge in [0.25, 0.3) is 0 Å². The van der Waals surface area contributed by atoms with E-state index in [4.69, 9.17) is 9.47 Å². The summed E-state index contributed by atoms with van der Waals surface area (Å²) >= 11 is 0. The normalized spacial score (nSPS) is 11.8. The van der Waals surface area contributed by atoms with Crippen molar-refractivity contribution < 1.29 is 19.1 Å². The van der Waals surface area contributed by atoms with Gasteiger partial charge in [0.1, 0.15) is 6.04 Å². The standard InChI is InChI=1S/C20H39NO4/c1-4-7-9-11-12-14-17-24-19(22)18(15-13-10-8-5-2)21-20(23)25-16-6-3/h18H,4-17H2,1-3H3,(H,21,23). The molecule has 1 amide bonds. The lowest BCUT2D eigenvalue weighted by Crippen LogP contribution is -2.42. The smallest absolute Gasteiger partial charge is 0.407 e. The van der Waals surface area contributed by atoms with Crippen LogP contribution in [0, 0.1) is 0 Å². The highest BCUT2D eigenvalue weighted by Crippen LogP contribution is 2.09. The van der Waals surface area contributed by atoms with E-state index >= 15 is 0 Å². The Bertz CT molecular complexity index is 334. The van der Waals surface area contributed by atoms with Gasteiger partial charge in [0.15, 0.2) is 0 Å². The zero-order valence-electron chi connectivity index (χ0n) is 16.6. The fourth-order valence-corrected chi connectivity index (χ4v) is 2.56. The van der Waals surface area contributed by atoms with Crippen molar-refractivity contribution in [3.05, 3.63) is 0 Å². The van der Waals surface area contributed by atoms with Gasteiger partial charge in [-0.1, -0.05) is 78.6 Å². The van der Waals surface area contributed by atoms with Crippen LogP contribution in [-0.2, 0) is 14.3 Å². The zero-order valence-corrected chi connectivity index (χ0v) is 16.6. The summed E-state index contributed by atoms with van der Waals surface area (Å²) in [6.07, 6.45) is 12.0. The Balaban J connectivity index is 4.13. The summed E-state index contributed by atoms with van der Waals surface area (Å²) in [4.78, 5) is 24.0. The molecule has 0 bridgehead atoms. The molecule has 0 saturated carbocycles. The Morgan fingerprint density at radius 3 is 1.96 bits per heavy atom. The lowest BCUT2D eigenvalue weighted by Gasteiger charge is -2.17. The second-order valence-corrected chi connectivity index (χ2v) is 6.62. The molecule has 0 aromatic rings.